The van der Waals surface area contributed by atoms with E-state index in [1.807, 2.05) is 31.2 Å². The largest absolute Gasteiger partial charge is 0.457 e. The van der Waals surface area contributed by atoms with E-state index in [0.29, 0.717) is 23.2 Å². The Hall–Kier alpha value is -3.61. The average Bonchev–Trinajstić information content (AvgIpc) is 3.19. The third-order valence-electron chi connectivity index (χ3n) is 4.25. The number of hydrogen-bond donors (Lipinski definition) is 0. The highest BCUT2D eigenvalue weighted by atomic mass is 19.4. The van der Waals surface area contributed by atoms with Gasteiger partial charge in [-0.2, -0.15) is 18.2 Å². The summed E-state index contributed by atoms with van der Waals surface area (Å²) < 4.78 is 48.8. The van der Waals surface area contributed by atoms with E-state index in [1.54, 1.807) is 24.3 Å². The summed E-state index contributed by atoms with van der Waals surface area (Å²) in [4.78, 5) is 4.40. The summed E-state index contributed by atoms with van der Waals surface area (Å²) in [5.74, 6) is 1.65. The van der Waals surface area contributed by atoms with Gasteiger partial charge in [0, 0.05) is 11.1 Å². The Bertz CT molecular complexity index is 1100. The zero-order chi connectivity index (χ0) is 20.4. The molecule has 0 bridgehead atoms. The second-order valence-corrected chi connectivity index (χ2v) is 6.44. The van der Waals surface area contributed by atoms with E-state index in [-0.39, 0.29) is 0 Å². The van der Waals surface area contributed by atoms with E-state index in [9.17, 15) is 13.2 Å². The first-order valence-corrected chi connectivity index (χ1v) is 8.75. The van der Waals surface area contributed by atoms with Crippen LogP contribution in [0.15, 0.2) is 77.3 Å². The Morgan fingerprint density at radius 2 is 1.31 bits per heavy atom. The highest BCUT2D eigenvalue weighted by Gasteiger charge is 2.30. The van der Waals surface area contributed by atoms with Crippen LogP contribution in [-0.2, 0) is 6.18 Å². The van der Waals surface area contributed by atoms with Gasteiger partial charge in [0.05, 0.1) is 5.56 Å². The van der Waals surface area contributed by atoms with Gasteiger partial charge >= 0.3 is 6.18 Å². The van der Waals surface area contributed by atoms with Crippen LogP contribution in [0.25, 0.3) is 22.8 Å². The molecular formula is C22H15F3N2O2. The van der Waals surface area contributed by atoms with Crippen LogP contribution in [0.3, 0.4) is 0 Å². The second kappa shape index (κ2) is 7.43. The molecule has 7 heteroatoms. The lowest BCUT2D eigenvalue weighted by Crippen LogP contribution is -2.03. The van der Waals surface area contributed by atoms with Gasteiger partial charge in [0.2, 0.25) is 5.82 Å². The van der Waals surface area contributed by atoms with Crippen molar-refractivity contribution in [2.75, 3.05) is 0 Å². The number of hydrogen-bond acceptors (Lipinski definition) is 4. The van der Waals surface area contributed by atoms with Gasteiger partial charge in [-0.25, -0.2) is 0 Å². The number of halogens is 3. The average molecular weight is 396 g/mol. The van der Waals surface area contributed by atoms with Crippen molar-refractivity contribution in [2.45, 2.75) is 13.1 Å². The summed E-state index contributed by atoms with van der Waals surface area (Å²) in [6, 6.07) is 19.2. The number of rotatable bonds is 4. The molecular weight excluding hydrogens is 381 g/mol. The Morgan fingerprint density at radius 1 is 0.759 bits per heavy atom. The Balaban J connectivity index is 1.47. The molecule has 0 amide bonds. The minimum atomic E-state index is -4.37. The zero-order valence-corrected chi connectivity index (χ0v) is 15.3. The molecule has 0 aliphatic carbocycles. The van der Waals surface area contributed by atoms with Crippen molar-refractivity contribution in [3.8, 4) is 34.3 Å². The van der Waals surface area contributed by atoms with Crippen LogP contribution in [0.4, 0.5) is 13.2 Å². The van der Waals surface area contributed by atoms with E-state index >= 15 is 0 Å². The SMILES string of the molecule is Cc1ccc(-c2nc(-c3ccc(Oc4ccc(C(F)(F)F)cc4)cc3)no2)cc1. The van der Waals surface area contributed by atoms with Gasteiger partial charge in [0.1, 0.15) is 11.5 Å². The van der Waals surface area contributed by atoms with Crippen LogP contribution in [0, 0.1) is 6.92 Å². The van der Waals surface area contributed by atoms with Gasteiger partial charge in [-0.3, -0.25) is 0 Å². The summed E-state index contributed by atoms with van der Waals surface area (Å²) in [6.45, 7) is 2.00. The molecule has 0 atom stereocenters. The van der Waals surface area contributed by atoms with Crippen LogP contribution < -0.4 is 4.74 Å². The van der Waals surface area contributed by atoms with Gasteiger partial charge < -0.3 is 9.26 Å². The topological polar surface area (TPSA) is 48.2 Å². The smallest absolute Gasteiger partial charge is 0.416 e. The van der Waals surface area contributed by atoms with Crippen molar-refractivity contribution < 1.29 is 22.4 Å². The first-order valence-electron chi connectivity index (χ1n) is 8.75. The summed E-state index contributed by atoms with van der Waals surface area (Å²) in [7, 11) is 0. The summed E-state index contributed by atoms with van der Waals surface area (Å²) in [5, 5.41) is 4.00. The number of alkyl halides is 3. The summed E-state index contributed by atoms with van der Waals surface area (Å²) in [5.41, 5.74) is 1.97. The first kappa shape index (κ1) is 18.7. The van der Waals surface area contributed by atoms with Gasteiger partial charge in [-0.15, -0.1) is 0 Å². The molecule has 146 valence electrons. The third-order valence-corrected chi connectivity index (χ3v) is 4.25. The van der Waals surface area contributed by atoms with Crippen LogP contribution in [0.5, 0.6) is 11.5 Å². The van der Waals surface area contributed by atoms with Gasteiger partial charge in [0.25, 0.3) is 5.89 Å². The molecule has 29 heavy (non-hydrogen) atoms. The molecule has 0 radical (unpaired) electrons. The maximum absolute atomic E-state index is 12.6. The lowest BCUT2D eigenvalue weighted by molar-refractivity contribution is -0.137. The van der Waals surface area contributed by atoms with Crippen molar-refractivity contribution in [3.63, 3.8) is 0 Å². The summed E-state index contributed by atoms with van der Waals surface area (Å²) in [6.07, 6.45) is -4.37. The van der Waals surface area contributed by atoms with Crippen LogP contribution >= 0.6 is 0 Å². The second-order valence-electron chi connectivity index (χ2n) is 6.44. The van der Waals surface area contributed by atoms with Crippen molar-refractivity contribution in [3.05, 3.63) is 83.9 Å². The van der Waals surface area contributed by atoms with Gasteiger partial charge in [-0.1, -0.05) is 22.9 Å². The number of aryl methyl sites for hydroxylation is 1. The number of aromatic nitrogens is 2. The number of ether oxygens (including phenoxy) is 1. The summed E-state index contributed by atoms with van der Waals surface area (Å²) >= 11 is 0. The minimum absolute atomic E-state index is 0.312. The molecule has 0 aliphatic heterocycles. The van der Waals surface area contributed by atoms with E-state index in [2.05, 4.69) is 10.1 Å². The minimum Gasteiger partial charge on any atom is -0.457 e. The van der Waals surface area contributed by atoms with Gasteiger partial charge in [0.15, 0.2) is 0 Å². The molecule has 4 rings (SSSR count). The maximum atomic E-state index is 12.6. The lowest BCUT2D eigenvalue weighted by atomic mass is 10.1. The molecule has 0 saturated heterocycles. The fraction of sp³-hybridized carbons (Fsp3) is 0.0909. The monoisotopic (exact) mass is 396 g/mol. The molecule has 0 fully saturated rings. The predicted octanol–water partition coefficient (Wildman–Crippen LogP) is 6.52. The quantitative estimate of drug-likeness (QED) is 0.394. The highest BCUT2D eigenvalue weighted by molar-refractivity contribution is 5.60. The maximum Gasteiger partial charge on any atom is 0.416 e. The van der Waals surface area contributed by atoms with Crippen molar-refractivity contribution in [2.24, 2.45) is 0 Å². The van der Waals surface area contributed by atoms with Crippen LogP contribution in [0.1, 0.15) is 11.1 Å². The molecule has 3 aromatic carbocycles. The molecule has 0 saturated carbocycles. The van der Waals surface area contributed by atoms with E-state index < -0.39 is 11.7 Å². The molecule has 4 nitrogen and oxygen atoms in total. The number of benzene rings is 3. The van der Waals surface area contributed by atoms with E-state index in [4.69, 9.17) is 9.26 Å². The predicted molar refractivity (Wildman–Crippen MR) is 101 cm³/mol. The zero-order valence-electron chi connectivity index (χ0n) is 15.3. The number of nitrogens with zero attached hydrogens (tertiary/aromatic N) is 2. The van der Waals surface area contributed by atoms with Gasteiger partial charge in [-0.05, 0) is 67.6 Å². The van der Waals surface area contributed by atoms with Crippen LogP contribution in [-0.4, -0.2) is 10.1 Å². The fourth-order valence-electron chi connectivity index (χ4n) is 2.67. The Kier molecular flexibility index (Phi) is 4.80. The highest BCUT2D eigenvalue weighted by Crippen LogP contribution is 2.32. The van der Waals surface area contributed by atoms with Crippen molar-refractivity contribution in [1.82, 2.24) is 10.1 Å². The standard InChI is InChI=1S/C22H15F3N2O2/c1-14-2-4-16(5-3-14)21-26-20(27-29-21)15-6-10-18(11-7-15)28-19-12-8-17(9-13-19)22(23,24)25/h2-13H,1H3. The third kappa shape index (κ3) is 4.29. The van der Waals surface area contributed by atoms with E-state index in [0.717, 1.165) is 28.8 Å². The molecule has 0 N–H and O–H groups in total. The van der Waals surface area contributed by atoms with Crippen LogP contribution in [0.2, 0.25) is 0 Å². The first-order chi connectivity index (χ1) is 13.9. The molecule has 1 aromatic heterocycles. The molecule has 0 spiro atoms. The molecule has 1 heterocycles. The van der Waals surface area contributed by atoms with E-state index in [1.165, 1.54) is 12.1 Å². The molecule has 0 aliphatic rings. The Labute approximate surface area is 164 Å². The van der Waals surface area contributed by atoms with Crippen molar-refractivity contribution >= 4 is 0 Å². The fourth-order valence-corrected chi connectivity index (χ4v) is 2.67. The lowest BCUT2D eigenvalue weighted by Gasteiger charge is -2.09. The normalized spacial score (nSPS) is 11.4. The Morgan fingerprint density at radius 3 is 1.90 bits per heavy atom. The molecule has 4 aromatic rings. The van der Waals surface area contributed by atoms with Crippen molar-refractivity contribution in [1.29, 1.82) is 0 Å². The molecule has 0 unspecified atom stereocenters.